The number of rotatable bonds is 29. The van der Waals surface area contributed by atoms with Crippen molar-refractivity contribution >= 4 is 152 Å². The monoisotopic (exact) mass is 1970 g/mol. The molecule has 0 unspecified atom stereocenters. The lowest BCUT2D eigenvalue weighted by Crippen LogP contribution is -2.61. The lowest BCUT2D eigenvalue weighted by molar-refractivity contribution is -0.149. The highest BCUT2D eigenvalue weighted by Crippen LogP contribution is 2.29. The van der Waals surface area contributed by atoms with Gasteiger partial charge in [-0.2, -0.15) is 0 Å². The summed E-state index contributed by atoms with van der Waals surface area (Å²) in [4.78, 5) is 276. The van der Waals surface area contributed by atoms with Crippen molar-refractivity contribution in [3.8, 4) is 5.75 Å². The van der Waals surface area contributed by atoms with E-state index in [-0.39, 0.29) is 108 Å². The molecule has 3 aromatic carbocycles. The van der Waals surface area contributed by atoms with Crippen LogP contribution in [0.25, 0.3) is 21.8 Å². The number of fused-ring (bicyclic) bond motifs is 4. The van der Waals surface area contributed by atoms with Crippen molar-refractivity contribution in [2.45, 2.75) is 240 Å². The number of nitrogens with two attached hydrogens (primary N) is 3. The Bertz CT molecular complexity index is 5400. The van der Waals surface area contributed by atoms with Crippen LogP contribution in [0.2, 0.25) is 0 Å². The molecule has 4 aliphatic rings. The number of carbonyl (C=O) groups excluding carboxylic acids is 16. The Morgan fingerprint density at radius 1 is 0.571 bits per heavy atom. The van der Waals surface area contributed by atoms with Crippen LogP contribution < -0.4 is 75.7 Å². The number of guanidine groups is 1. The van der Waals surface area contributed by atoms with Gasteiger partial charge in [0.25, 0.3) is 0 Å². The Balaban J connectivity index is 1.12. The largest absolute Gasteiger partial charge is 0.508 e. The van der Waals surface area contributed by atoms with Crippen molar-refractivity contribution in [3.63, 3.8) is 0 Å². The third-order valence-corrected chi connectivity index (χ3v) is 26.1. The Morgan fingerprint density at radius 2 is 1.15 bits per heavy atom. The second kappa shape index (κ2) is 52.6. The van der Waals surface area contributed by atoms with Crippen LogP contribution in [-0.4, -0.2) is 341 Å². The van der Waals surface area contributed by atoms with Crippen LogP contribution in [0.1, 0.15) is 140 Å². The van der Waals surface area contributed by atoms with Crippen molar-refractivity contribution < 1.29 is 112 Å². The Labute approximate surface area is 811 Å². The number of carboxylic acid groups (broad SMARTS) is 2. The minimum Gasteiger partial charge on any atom is -0.508 e. The Hall–Kier alpha value is -14.1. The highest BCUT2D eigenvalue weighted by atomic mass is 32.2. The highest BCUT2D eigenvalue weighted by Gasteiger charge is 2.47. The Morgan fingerprint density at radius 3 is 1.80 bits per heavy atom. The van der Waals surface area contributed by atoms with Crippen molar-refractivity contribution in [3.05, 3.63) is 114 Å². The molecule has 140 heavy (non-hydrogen) atoms. The maximum Gasteiger partial charge on any atom is 0.323 e. The highest BCUT2D eigenvalue weighted by molar-refractivity contribution is 8.00. The number of unbranched alkanes of at least 4 members (excludes halogenated alkanes) is 2. The lowest BCUT2D eigenvalue weighted by atomic mass is 10.00. The van der Waals surface area contributed by atoms with E-state index in [1.807, 2.05) is 0 Å². The summed E-state index contributed by atoms with van der Waals surface area (Å²) in [6, 6.07) is -3.62. The van der Waals surface area contributed by atoms with Gasteiger partial charge in [-0.1, -0.05) is 88.1 Å². The van der Waals surface area contributed by atoms with Crippen LogP contribution in [0.3, 0.4) is 0 Å². The van der Waals surface area contributed by atoms with E-state index >= 15 is 43.2 Å². The number of nitrogens with zero attached hydrogens (tertiary/aromatic N) is 7. The van der Waals surface area contributed by atoms with E-state index in [9.17, 15) is 68.7 Å². The minimum absolute atomic E-state index is 0.00803. The van der Waals surface area contributed by atoms with E-state index in [4.69, 9.17) is 22.6 Å². The van der Waals surface area contributed by atoms with Crippen molar-refractivity contribution in [2.75, 3.05) is 72.0 Å². The summed E-state index contributed by atoms with van der Waals surface area (Å²) in [5, 5.41) is 90.8. The zero-order valence-electron chi connectivity index (χ0n) is 79.1. The van der Waals surface area contributed by atoms with Crippen LogP contribution >= 0.6 is 11.8 Å². The number of aromatic hydroxyl groups is 1. The quantitative estimate of drug-likeness (QED) is 0.0127. The van der Waals surface area contributed by atoms with Gasteiger partial charge >= 0.3 is 11.9 Å². The molecule has 760 valence electrons. The lowest BCUT2D eigenvalue weighted by Gasteiger charge is -2.36. The zero-order valence-corrected chi connectivity index (χ0v) is 79.9. The fourth-order valence-corrected chi connectivity index (χ4v) is 18.1. The number of hydrogen-bond acceptors (Lipinski definition) is 25. The first-order valence-corrected chi connectivity index (χ1v) is 47.8. The summed E-state index contributed by atoms with van der Waals surface area (Å²) < 4.78 is 1.39. The van der Waals surface area contributed by atoms with E-state index in [1.165, 1.54) is 80.4 Å². The van der Waals surface area contributed by atoms with E-state index in [1.54, 1.807) is 68.6 Å². The molecule has 2 aromatic heterocycles. The van der Waals surface area contributed by atoms with Gasteiger partial charge in [-0.15, -0.1) is 11.8 Å². The first-order valence-electron chi connectivity index (χ1n) is 46.6. The minimum atomic E-state index is -2.01. The van der Waals surface area contributed by atoms with Gasteiger partial charge in [-0.25, -0.2) is 0 Å². The molecule has 15 atom stereocenters. The van der Waals surface area contributed by atoms with Crippen LogP contribution in [-0.2, 0) is 112 Å². The molecule has 0 bridgehead atoms. The number of aromatic nitrogens is 2. The first kappa shape index (κ1) is 110. The summed E-state index contributed by atoms with van der Waals surface area (Å²) >= 11 is 0.758. The van der Waals surface area contributed by atoms with E-state index < -0.39 is 273 Å². The van der Waals surface area contributed by atoms with Crippen LogP contribution in [0.5, 0.6) is 5.75 Å². The third-order valence-electron chi connectivity index (χ3n) is 25.0. The fourth-order valence-electron chi connectivity index (χ4n) is 17.3. The normalized spacial score (nSPS) is 24.6. The van der Waals surface area contributed by atoms with Gasteiger partial charge in [0.15, 0.2) is 5.96 Å². The van der Waals surface area contributed by atoms with E-state index in [0.29, 0.717) is 51.3 Å². The number of primary amides is 1. The molecule has 9 rings (SSSR count). The maximum atomic E-state index is 15.9. The molecule has 6 heterocycles. The topological polar surface area (TPSA) is 692 Å². The molecule has 47 heteroatoms. The van der Waals surface area contributed by atoms with Gasteiger partial charge in [0, 0.05) is 132 Å². The number of thioether (sulfide) groups is 1. The average Bonchev–Trinajstić information content (AvgIpc) is 1.60. The standard InChI is InChI=1S/C93H129N23O23S/c1-7-9-21-71-85(132)103-61(20-15-34-99-93(96)97)81(128)110-69(80(127)101-44-75(95)120)49-140-50-76(121)102-66(37-52-25-27-56(118)28-26-52)88(135)111(4)51(3)79(126)104-63(31-33-94)90(137)115-36-16-24-72(115)86(133)106-64(38-53-32-35-98-42-53)82(129)105-62(29-30-77(122)123)91(138)116-46-57(119)41-74(116)87(134)107-65(39-54-43-100-60-19-13-11-17-58(54)60)83(130)109-68(48-117)84(131)108-67(89(136)113(6)73(22-10-8-2)92(139)112(71)5)40-55-45-114(47-78(124)125)70-23-14-12-18-59(55)70/h11-14,17-19,23,25-28,35,42-43,45,51,57,61-69,71-74,100,117-119H,7-10,15-16,20-22,24,29-34,36-41,44,46-50,94H2,1-6H3,(H2,95,120)(H,101,127)(H,102,121)(H,103,132)(H,104,126)(H,105,129)(H,106,133)(H,107,134)(H,108,131)(H,109,130)(H,110,128)(H,122,123)(H,124,125)(H4,96,97,99)/t51-,57+,61-,62-,63-,64-,65-,66-,67-,68-,69-,71-,72-,73-,74-/m0/s1. The molecule has 16 amide bonds. The number of para-hydroxylation sites is 2. The first-order chi connectivity index (χ1) is 66.7. The van der Waals surface area contributed by atoms with Gasteiger partial charge in [-0.3, -0.25) is 96.7 Å². The number of aliphatic hydroxyl groups excluding tert-OH is 2. The van der Waals surface area contributed by atoms with Gasteiger partial charge < -0.3 is 135 Å². The van der Waals surface area contributed by atoms with E-state index in [0.717, 1.165) is 31.4 Å². The summed E-state index contributed by atoms with van der Waals surface area (Å²) in [5.41, 5.74) is 19.7. The summed E-state index contributed by atoms with van der Waals surface area (Å²) in [7, 11) is 3.82. The molecule has 0 saturated carbocycles. The average molecular weight is 1970 g/mol. The van der Waals surface area contributed by atoms with Gasteiger partial charge in [0.1, 0.15) is 96.9 Å². The number of likely N-dealkylation sites (N-methyl/N-ethyl adjacent to an activating group) is 3. The number of nitrogens with one attached hydrogen (secondary N) is 13. The molecule has 3 fully saturated rings. The molecule has 5 aromatic rings. The smallest absolute Gasteiger partial charge is 0.323 e. The maximum absolute atomic E-state index is 15.9. The number of carbonyl (C=O) groups is 18. The molecule has 0 aliphatic carbocycles. The van der Waals surface area contributed by atoms with Gasteiger partial charge in [0.2, 0.25) is 94.5 Å². The van der Waals surface area contributed by atoms with Crippen molar-refractivity contribution in [1.29, 1.82) is 5.41 Å². The second-order valence-corrected chi connectivity index (χ2v) is 36.3. The van der Waals surface area contributed by atoms with Crippen LogP contribution in [0.15, 0.2) is 102 Å². The molecule has 0 radical (unpaired) electrons. The number of phenolic OH excluding ortho intramolecular Hbond substituents is 1. The molecule has 24 N–H and O–H groups in total. The van der Waals surface area contributed by atoms with E-state index in [2.05, 4.69) is 68.5 Å². The number of aromatic amines is 1. The molecule has 3 saturated heterocycles. The SMILES string of the molecule is CCCC[C@H]1C(=O)N(C)[C@@H](CCCC)C(=O)N[C@@H](CCCNC(=N)N)C(=O)N[C@H](C(=O)NCC(N)=O)CSCC(=O)N[C@@H](Cc2ccc(O)cc2)C(=O)N(C)[C@@H](C)C(=O)N[C@@H](CCN)C(=O)N2CCC[C@H]2C(=O)N[C@@H](CC2=CN=CC2)C(=O)N[C@@H](CCC(=O)O)C(=O)N2C[C@H](O)C[C@H]2C(=O)N[C@@H](Cc2c[nH]c3ccccc23)C(=O)N[C@@H](CO)C(=O)N[C@@H](Cc2cn(CC(=O)O)c3ccccc23)C(=O)N1C. The number of aliphatic carboxylic acids is 2. The number of H-pyrrole nitrogens is 1. The summed E-state index contributed by atoms with van der Waals surface area (Å²) in [5.74, 6) is -19.9. The summed E-state index contributed by atoms with van der Waals surface area (Å²) in [6.45, 7) is 1.51. The number of carboxylic acids is 2. The van der Waals surface area contributed by atoms with Crippen molar-refractivity contribution in [2.24, 2.45) is 22.2 Å². The fraction of sp³-hybridized carbons (Fsp3) is 0.527. The summed E-state index contributed by atoms with van der Waals surface area (Å²) in [6.07, 6.45) is 2.36. The second-order valence-electron chi connectivity index (χ2n) is 35.3. The zero-order chi connectivity index (χ0) is 102. The molecular weight excluding hydrogens is 1840 g/mol. The number of phenols is 1. The number of aliphatic imine (C=N–C) groups is 1. The number of aliphatic hydroxyl groups is 2. The van der Waals surface area contributed by atoms with Crippen LogP contribution in [0.4, 0.5) is 0 Å². The number of benzene rings is 3. The predicted octanol–water partition coefficient (Wildman–Crippen LogP) is -3.30. The molecular formula is C93H129N23O23S. The molecule has 4 aliphatic heterocycles. The van der Waals surface area contributed by atoms with Crippen molar-refractivity contribution in [1.82, 2.24) is 92.5 Å². The Kier molecular flexibility index (Phi) is 41.2. The van der Waals surface area contributed by atoms with Gasteiger partial charge in [0.05, 0.1) is 25.0 Å². The third kappa shape index (κ3) is 30.5. The van der Waals surface area contributed by atoms with Gasteiger partial charge in [-0.05, 0) is 118 Å². The number of amides is 16. The predicted molar refractivity (Wildman–Crippen MR) is 512 cm³/mol. The number of hydrogen-bond donors (Lipinski definition) is 21. The van der Waals surface area contributed by atoms with Crippen LogP contribution in [0, 0.1) is 5.41 Å². The molecule has 0 spiro atoms. The molecule has 46 nitrogen and oxygen atoms in total.